The molecular formula is C11H16N4. The molecular weight excluding hydrogens is 188 g/mol. The van der Waals surface area contributed by atoms with Gasteiger partial charge in [0.05, 0.1) is 5.69 Å². The van der Waals surface area contributed by atoms with Crippen molar-refractivity contribution in [2.45, 2.75) is 26.8 Å². The van der Waals surface area contributed by atoms with Crippen LogP contribution in [0.25, 0.3) is 11.0 Å². The third kappa shape index (κ3) is 1.72. The minimum Gasteiger partial charge on any atom is -0.346 e. The minimum absolute atomic E-state index is 0.843. The lowest BCUT2D eigenvalue weighted by atomic mass is 10.2. The molecule has 80 valence electrons. The van der Waals surface area contributed by atoms with Crippen LogP contribution in [-0.2, 0) is 13.0 Å². The van der Waals surface area contributed by atoms with Crippen molar-refractivity contribution in [1.29, 1.82) is 0 Å². The van der Waals surface area contributed by atoms with Crippen LogP contribution in [-0.4, -0.2) is 22.0 Å². The molecule has 0 bridgehead atoms. The van der Waals surface area contributed by atoms with E-state index in [1.54, 1.807) is 0 Å². The molecule has 2 N–H and O–H groups in total. The average Bonchev–Trinajstić information content (AvgIpc) is 2.62. The molecule has 2 aromatic rings. The highest BCUT2D eigenvalue weighted by molar-refractivity contribution is 5.82. The summed E-state index contributed by atoms with van der Waals surface area (Å²) in [6.07, 6.45) is 2.87. The van der Waals surface area contributed by atoms with Crippen molar-refractivity contribution in [3.05, 3.63) is 23.3 Å². The molecule has 4 heteroatoms. The predicted octanol–water partition coefficient (Wildman–Crippen LogP) is 1.55. The normalized spacial score (nSPS) is 11.1. The van der Waals surface area contributed by atoms with Crippen LogP contribution in [0.4, 0.5) is 0 Å². The van der Waals surface area contributed by atoms with Crippen LogP contribution in [0.5, 0.6) is 0 Å². The molecule has 0 saturated heterocycles. The van der Waals surface area contributed by atoms with E-state index < -0.39 is 0 Å². The average molecular weight is 204 g/mol. The highest BCUT2D eigenvalue weighted by Gasteiger charge is 2.09. The number of nitrogens with one attached hydrogen (secondary N) is 2. The zero-order valence-corrected chi connectivity index (χ0v) is 9.39. The highest BCUT2D eigenvalue weighted by atomic mass is 15.0. The lowest BCUT2D eigenvalue weighted by Crippen LogP contribution is -2.05. The molecule has 4 nitrogen and oxygen atoms in total. The summed E-state index contributed by atoms with van der Waals surface area (Å²) < 4.78 is 0. The van der Waals surface area contributed by atoms with Gasteiger partial charge in [0.25, 0.3) is 0 Å². The Kier molecular flexibility index (Phi) is 2.68. The molecule has 0 aromatic carbocycles. The predicted molar refractivity (Wildman–Crippen MR) is 60.8 cm³/mol. The van der Waals surface area contributed by atoms with Gasteiger partial charge in [-0.15, -0.1) is 0 Å². The number of fused-ring (bicyclic) bond motifs is 1. The molecule has 0 fully saturated rings. The van der Waals surface area contributed by atoms with Crippen LogP contribution in [0.15, 0.2) is 6.20 Å². The number of aromatic amines is 1. The summed E-state index contributed by atoms with van der Waals surface area (Å²) in [7, 11) is 1.94. The number of rotatable bonds is 3. The first kappa shape index (κ1) is 10.1. The summed E-state index contributed by atoms with van der Waals surface area (Å²) in [6.45, 7) is 4.95. The number of aromatic nitrogens is 3. The maximum atomic E-state index is 4.48. The number of H-pyrrole nitrogens is 1. The maximum Gasteiger partial charge on any atom is 0.141 e. The molecule has 15 heavy (non-hydrogen) atoms. The van der Waals surface area contributed by atoms with Gasteiger partial charge in [-0.2, -0.15) is 0 Å². The highest BCUT2D eigenvalue weighted by Crippen LogP contribution is 2.19. The van der Waals surface area contributed by atoms with E-state index in [2.05, 4.69) is 27.2 Å². The molecule has 2 heterocycles. The molecule has 2 rings (SSSR count). The Morgan fingerprint density at radius 1 is 1.40 bits per heavy atom. The smallest absolute Gasteiger partial charge is 0.141 e. The van der Waals surface area contributed by atoms with Crippen molar-refractivity contribution < 1.29 is 0 Å². The third-order valence-corrected chi connectivity index (χ3v) is 2.52. The molecule has 0 aliphatic carbocycles. The van der Waals surface area contributed by atoms with Crippen LogP contribution in [0.3, 0.4) is 0 Å². The maximum absolute atomic E-state index is 4.48. The molecule has 0 aliphatic heterocycles. The van der Waals surface area contributed by atoms with E-state index in [-0.39, 0.29) is 0 Å². The van der Waals surface area contributed by atoms with Gasteiger partial charge in [-0.25, -0.2) is 9.97 Å². The number of nitrogens with zero attached hydrogens (tertiary/aromatic N) is 2. The molecule has 0 aliphatic rings. The van der Waals surface area contributed by atoms with Gasteiger partial charge in [0.1, 0.15) is 11.5 Å². The fraction of sp³-hybridized carbons (Fsp3) is 0.455. The second kappa shape index (κ2) is 3.98. The monoisotopic (exact) mass is 204 g/mol. The largest absolute Gasteiger partial charge is 0.346 e. The summed E-state index contributed by atoms with van der Waals surface area (Å²) >= 11 is 0. The van der Waals surface area contributed by atoms with E-state index in [4.69, 9.17) is 0 Å². The summed E-state index contributed by atoms with van der Waals surface area (Å²) in [5.74, 6) is 0.901. The zero-order valence-electron chi connectivity index (χ0n) is 9.39. The van der Waals surface area contributed by atoms with Crippen LogP contribution >= 0.6 is 0 Å². The van der Waals surface area contributed by atoms with Crippen molar-refractivity contribution >= 4 is 11.0 Å². The van der Waals surface area contributed by atoms with Crippen LogP contribution < -0.4 is 5.32 Å². The van der Waals surface area contributed by atoms with Crippen molar-refractivity contribution in [3.8, 4) is 0 Å². The van der Waals surface area contributed by atoms with Crippen molar-refractivity contribution in [2.75, 3.05) is 7.05 Å². The SMILES string of the molecule is CCc1nc(C)c2c(CNC)c[nH]c2n1. The fourth-order valence-electron chi connectivity index (χ4n) is 1.84. The lowest BCUT2D eigenvalue weighted by Gasteiger charge is -2.02. The Labute approximate surface area is 89.1 Å². The molecule has 0 unspecified atom stereocenters. The van der Waals surface area contributed by atoms with Gasteiger partial charge < -0.3 is 10.3 Å². The van der Waals surface area contributed by atoms with E-state index in [0.29, 0.717) is 0 Å². The summed E-state index contributed by atoms with van der Waals surface area (Å²) in [5, 5.41) is 4.30. The van der Waals surface area contributed by atoms with Crippen LogP contribution in [0.2, 0.25) is 0 Å². The molecule has 0 atom stereocenters. The number of hydrogen-bond donors (Lipinski definition) is 2. The number of hydrogen-bond acceptors (Lipinski definition) is 3. The molecule has 0 saturated carbocycles. The second-order valence-corrected chi connectivity index (χ2v) is 3.65. The Hall–Kier alpha value is -1.42. The third-order valence-electron chi connectivity index (χ3n) is 2.52. The lowest BCUT2D eigenvalue weighted by molar-refractivity contribution is 0.822. The van der Waals surface area contributed by atoms with Gasteiger partial charge in [-0.05, 0) is 19.5 Å². The first-order valence-corrected chi connectivity index (χ1v) is 5.24. The standard InChI is InChI=1S/C11H16N4/c1-4-9-14-7(2)10-8(5-12-3)6-13-11(10)15-9/h6,12H,4-5H2,1-3H3,(H,13,14,15). The Bertz CT molecular complexity index is 473. The van der Waals surface area contributed by atoms with E-state index in [1.807, 2.05) is 20.2 Å². The molecule has 2 aromatic heterocycles. The topological polar surface area (TPSA) is 53.6 Å². The minimum atomic E-state index is 0.843. The van der Waals surface area contributed by atoms with E-state index >= 15 is 0 Å². The number of aryl methyl sites for hydroxylation is 2. The van der Waals surface area contributed by atoms with Gasteiger partial charge in [0.2, 0.25) is 0 Å². The van der Waals surface area contributed by atoms with Crippen molar-refractivity contribution in [3.63, 3.8) is 0 Å². The van der Waals surface area contributed by atoms with E-state index in [9.17, 15) is 0 Å². The molecule has 0 radical (unpaired) electrons. The van der Waals surface area contributed by atoms with Crippen molar-refractivity contribution in [2.24, 2.45) is 0 Å². The van der Waals surface area contributed by atoms with E-state index in [1.165, 1.54) is 5.56 Å². The fourth-order valence-corrected chi connectivity index (χ4v) is 1.84. The summed E-state index contributed by atoms with van der Waals surface area (Å²) in [5.41, 5.74) is 3.24. The first-order chi connectivity index (χ1) is 7.26. The first-order valence-electron chi connectivity index (χ1n) is 5.24. The van der Waals surface area contributed by atoms with E-state index in [0.717, 1.165) is 35.5 Å². The Morgan fingerprint density at radius 3 is 2.87 bits per heavy atom. The van der Waals surface area contributed by atoms with Gasteiger partial charge >= 0.3 is 0 Å². The molecule has 0 spiro atoms. The quantitative estimate of drug-likeness (QED) is 0.797. The van der Waals surface area contributed by atoms with Gasteiger partial charge in [0.15, 0.2) is 0 Å². The van der Waals surface area contributed by atoms with Gasteiger partial charge in [0, 0.05) is 24.5 Å². The van der Waals surface area contributed by atoms with Crippen LogP contribution in [0, 0.1) is 6.92 Å². The Balaban J connectivity index is 2.60. The summed E-state index contributed by atoms with van der Waals surface area (Å²) in [4.78, 5) is 12.1. The van der Waals surface area contributed by atoms with Gasteiger partial charge in [-0.1, -0.05) is 6.92 Å². The van der Waals surface area contributed by atoms with Crippen molar-refractivity contribution in [1.82, 2.24) is 20.3 Å². The summed E-state index contributed by atoms with van der Waals surface area (Å²) in [6, 6.07) is 0. The van der Waals surface area contributed by atoms with Gasteiger partial charge in [-0.3, -0.25) is 0 Å². The zero-order chi connectivity index (χ0) is 10.8. The van der Waals surface area contributed by atoms with Crippen LogP contribution in [0.1, 0.15) is 24.0 Å². The second-order valence-electron chi connectivity index (χ2n) is 3.65. The Morgan fingerprint density at radius 2 is 2.20 bits per heavy atom. The molecule has 0 amide bonds.